The second-order valence-electron chi connectivity index (χ2n) is 3.10. The van der Waals surface area contributed by atoms with E-state index in [0.29, 0.717) is 0 Å². The minimum atomic E-state index is -0.390. The quantitative estimate of drug-likeness (QED) is 0.549. The summed E-state index contributed by atoms with van der Waals surface area (Å²) < 4.78 is 0. The number of hydrogen-bond donors (Lipinski definition) is 0. The van der Waals surface area contributed by atoms with Crippen molar-refractivity contribution >= 4 is 5.69 Å². The molecule has 0 aliphatic rings. The molecule has 0 amide bonds. The third kappa shape index (κ3) is 2.02. The summed E-state index contributed by atoms with van der Waals surface area (Å²) in [6, 6.07) is 16.8. The van der Waals surface area contributed by atoms with Gasteiger partial charge in [-0.3, -0.25) is 10.1 Å². The molecule has 0 N–H and O–H groups in total. The Morgan fingerprint density at radius 1 is 1.07 bits per heavy atom. The Balaban J connectivity index is 2.46. The van der Waals surface area contributed by atoms with Crippen LogP contribution in [0.5, 0.6) is 0 Å². The molecule has 15 heavy (non-hydrogen) atoms. The Bertz CT molecular complexity index is 480. The lowest BCUT2D eigenvalue weighted by Crippen LogP contribution is -1.87. The summed E-state index contributed by atoms with van der Waals surface area (Å²) in [4.78, 5) is 10.2. The van der Waals surface area contributed by atoms with Gasteiger partial charge in [0.05, 0.1) is 4.92 Å². The van der Waals surface area contributed by atoms with Crippen LogP contribution in [0.1, 0.15) is 0 Å². The normalized spacial score (nSPS) is 9.87. The summed E-state index contributed by atoms with van der Waals surface area (Å²) >= 11 is 0. The molecule has 0 aromatic heterocycles. The molecule has 0 saturated carbocycles. The standard InChI is InChI=1S/C12H8NO2/c14-13(15)12-8-4-7-11(9-12)10-5-2-1-3-6-10/h2-9H. The molecule has 1 radical (unpaired) electrons. The minimum absolute atomic E-state index is 0.111. The maximum absolute atomic E-state index is 10.6. The van der Waals surface area contributed by atoms with Gasteiger partial charge >= 0.3 is 0 Å². The van der Waals surface area contributed by atoms with Crippen LogP contribution in [0, 0.1) is 16.2 Å². The molecule has 2 rings (SSSR count). The molecule has 2 aromatic rings. The van der Waals surface area contributed by atoms with Gasteiger partial charge in [-0.1, -0.05) is 36.4 Å². The van der Waals surface area contributed by atoms with Gasteiger partial charge in [-0.15, -0.1) is 0 Å². The zero-order valence-corrected chi connectivity index (χ0v) is 7.88. The fraction of sp³-hybridized carbons (Fsp3) is 0. The van der Waals surface area contributed by atoms with Crippen LogP contribution in [0.2, 0.25) is 0 Å². The Kier molecular flexibility index (Phi) is 2.46. The van der Waals surface area contributed by atoms with Gasteiger partial charge in [0.15, 0.2) is 0 Å². The lowest BCUT2D eigenvalue weighted by molar-refractivity contribution is -0.384. The number of nitro benzene ring substituents is 1. The van der Waals surface area contributed by atoms with Crippen molar-refractivity contribution in [3.8, 4) is 11.1 Å². The van der Waals surface area contributed by atoms with E-state index >= 15 is 0 Å². The van der Waals surface area contributed by atoms with Gasteiger partial charge < -0.3 is 0 Å². The van der Waals surface area contributed by atoms with Crippen molar-refractivity contribution in [2.24, 2.45) is 0 Å². The summed E-state index contributed by atoms with van der Waals surface area (Å²) in [6.45, 7) is 0. The van der Waals surface area contributed by atoms with Gasteiger partial charge in [-0.2, -0.15) is 0 Å². The van der Waals surface area contributed by atoms with Crippen LogP contribution < -0.4 is 0 Å². The van der Waals surface area contributed by atoms with E-state index in [4.69, 9.17) is 0 Å². The zero-order chi connectivity index (χ0) is 10.7. The Morgan fingerprint density at radius 3 is 2.47 bits per heavy atom. The van der Waals surface area contributed by atoms with E-state index in [2.05, 4.69) is 6.07 Å². The van der Waals surface area contributed by atoms with Gasteiger partial charge in [0.2, 0.25) is 0 Å². The first-order valence-corrected chi connectivity index (χ1v) is 4.48. The number of benzene rings is 2. The van der Waals surface area contributed by atoms with E-state index in [1.54, 1.807) is 24.3 Å². The van der Waals surface area contributed by atoms with Crippen molar-refractivity contribution in [2.45, 2.75) is 0 Å². The van der Waals surface area contributed by atoms with E-state index in [0.717, 1.165) is 11.1 Å². The minimum Gasteiger partial charge on any atom is -0.258 e. The molecule has 0 bridgehead atoms. The number of hydrogen-bond acceptors (Lipinski definition) is 2. The summed E-state index contributed by atoms with van der Waals surface area (Å²) in [6.07, 6.45) is 0. The highest BCUT2D eigenvalue weighted by Gasteiger charge is 2.05. The van der Waals surface area contributed by atoms with E-state index in [9.17, 15) is 10.1 Å². The summed E-state index contributed by atoms with van der Waals surface area (Å²) in [5.41, 5.74) is 1.91. The van der Waals surface area contributed by atoms with Gasteiger partial charge in [0, 0.05) is 12.1 Å². The molecular weight excluding hydrogens is 190 g/mol. The molecule has 3 heteroatoms. The highest BCUT2D eigenvalue weighted by atomic mass is 16.6. The van der Waals surface area contributed by atoms with Crippen molar-refractivity contribution in [1.82, 2.24) is 0 Å². The van der Waals surface area contributed by atoms with Crippen molar-refractivity contribution < 1.29 is 4.92 Å². The SMILES string of the molecule is O=[N+]([O-])c1cccc(-c2cc[c]cc2)c1. The maximum atomic E-state index is 10.6. The largest absolute Gasteiger partial charge is 0.270 e. The molecule has 3 nitrogen and oxygen atoms in total. The lowest BCUT2D eigenvalue weighted by atomic mass is 10.1. The Hall–Kier alpha value is -2.16. The smallest absolute Gasteiger partial charge is 0.258 e. The highest BCUT2D eigenvalue weighted by molar-refractivity contribution is 5.65. The third-order valence-corrected chi connectivity index (χ3v) is 2.11. The molecule has 0 aliphatic heterocycles. The number of nitrogens with zero attached hydrogens (tertiary/aromatic N) is 1. The molecule has 0 unspecified atom stereocenters. The second kappa shape index (κ2) is 3.92. The van der Waals surface area contributed by atoms with Crippen LogP contribution in [0.15, 0.2) is 48.5 Å². The van der Waals surface area contributed by atoms with Crippen molar-refractivity contribution in [3.05, 3.63) is 64.7 Å². The van der Waals surface area contributed by atoms with Crippen LogP contribution in [0.3, 0.4) is 0 Å². The first kappa shape index (κ1) is 9.40. The molecule has 0 fully saturated rings. The van der Waals surface area contributed by atoms with E-state index < -0.39 is 4.92 Å². The van der Waals surface area contributed by atoms with E-state index in [-0.39, 0.29) is 5.69 Å². The second-order valence-corrected chi connectivity index (χ2v) is 3.10. The summed E-state index contributed by atoms with van der Waals surface area (Å²) in [5, 5.41) is 10.6. The average molecular weight is 198 g/mol. The Labute approximate surface area is 87.1 Å². The number of nitro groups is 1. The molecule has 0 heterocycles. The summed E-state index contributed by atoms with van der Waals surface area (Å²) in [7, 11) is 0. The van der Waals surface area contributed by atoms with Gasteiger partial charge in [-0.25, -0.2) is 0 Å². The molecule has 0 atom stereocenters. The van der Waals surface area contributed by atoms with E-state index in [1.807, 2.05) is 18.2 Å². The van der Waals surface area contributed by atoms with Crippen LogP contribution in [0.25, 0.3) is 11.1 Å². The fourth-order valence-electron chi connectivity index (χ4n) is 1.38. The lowest BCUT2D eigenvalue weighted by Gasteiger charge is -2.00. The molecule has 0 spiro atoms. The number of non-ortho nitro benzene ring substituents is 1. The van der Waals surface area contributed by atoms with E-state index in [1.165, 1.54) is 6.07 Å². The first-order chi connectivity index (χ1) is 7.27. The number of rotatable bonds is 2. The maximum Gasteiger partial charge on any atom is 0.270 e. The van der Waals surface area contributed by atoms with Gasteiger partial charge in [0.1, 0.15) is 0 Å². The van der Waals surface area contributed by atoms with Crippen LogP contribution in [0.4, 0.5) is 5.69 Å². The topological polar surface area (TPSA) is 43.1 Å². The molecule has 0 saturated heterocycles. The summed E-state index contributed by atoms with van der Waals surface area (Å²) in [5.74, 6) is 0. The van der Waals surface area contributed by atoms with Crippen LogP contribution in [-0.2, 0) is 0 Å². The average Bonchev–Trinajstić information content (AvgIpc) is 2.30. The first-order valence-electron chi connectivity index (χ1n) is 4.48. The zero-order valence-electron chi connectivity index (χ0n) is 7.88. The molecule has 73 valence electrons. The van der Waals surface area contributed by atoms with Gasteiger partial charge in [0.25, 0.3) is 5.69 Å². The van der Waals surface area contributed by atoms with Crippen molar-refractivity contribution in [2.75, 3.05) is 0 Å². The molecular formula is C12H8NO2. The van der Waals surface area contributed by atoms with Crippen molar-refractivity contribution in [1.29, 1.82) is 0 Å². The molecule has 2 aromatic carbocycles. The molecule has 0 aliphatic carbocycles. The van der Waals surface area contributed by atoms with Gasteiger partial charge in [-0.05, 0) is 17.2 Å². The Morgan fingerprint density at radius 2 is 1.80 bits per heavy atom. The third-order valence-electron chi connectivity index (χ3n) is 2.11. The monoisotopic (exact) mass is 198 g/mol. The predicted molar refractivity (Wildman–Crippen MR) is 57.4 cm³/mol. The predicted octanol–water partition coefficient (Wildman–Crippen LogP) is 3.06. The fourth-order valence-corrected chi connectivity index (χ4v) is 1.38. The van der Waals surface area contributed by atoms with Crippen LogP contribution in [-0.4, -0.2) is 4.92 Å². The highest BCUT2D eigenvalue weighted by Crippen LogP contribution is 2.22. The van der Waals surface area contributed by atoms with Crippen molar-refractivity contribution in [3.63, 3.8) is 0 Å². The van der Waals surface area contributed by atoms with Crippen LogP contribution >= 0.6 is 0 Å².